The van der Waals surface area contributed by atoms with Crippen molar-refractivity contribution in [2.75, 3.05) is 31.6 Å². The number of amides is 1. The molecule has 8 nitrogen and oxygen atoms in total. The third-order valence-corrected chi connectivity index (χ3v) is 5.01. The van der Waals surface area contributed by atoms with Gasteiger partial charge in [-0.1, -0.05) is 31.4 Å². The first-order valence-corrected chi connectivity index (χ1v) is 10.2. The number of ether oxygens (including phenoxy) is 3. The SMILES string of the molecule is C=CCOC(=O)OC(=S)[C@H](C(=O)Nc1cc(C(=O)OCC=C)ccc1C)[C@@H]1CCNC1. The van der Waals surface area contributed by atoms with Gasteiger partial charge in [0.1, 0.15) is 19.1 Å². The van der Waals surface area contributed by atoms with Crippen LogP contribution in [-0.2, 0) is 19.0 Å². The van der Waals surface area contributed by atoms with Crippen molar-refractivity contribution in [3.8, 4) is 0 Å². The van der Waals surface area contributed by atoms with E-state index in [1.807, 2.05) is 0 Å². The Morgan fingerprint density at radius 2 is 1.97 bits per heavy atom. The summed E-state index contributed by atoms with van der Waals surface area (Å²) in [5.74, 6) is -1.98. The van der Waals surface area contributed by atoms with Crippen molar-refractivity contribution in [1.82, 2.24) is 5.32 Å². The number of carbonyl (C=O) groups is 3. The van der Waals surface area contributed by atoms with Gasteiger partial charge in [-0.15, -0.1) is 0 Å². The monoisotopic (exact) mass is 446 g/mol. The van der Waals surface area contributed by atoms with E-state index in [4.69, 9.17) is 26.4 Å². The predicted molar refractivity (Wildman–Crippen MR) is 120 cm³/mol. The van der Waals surface area contributed by atoms with E-state index in [1.54, 1.807) is 19.1 Å². The van der Waals surface area contributed by atoms with Gasteiger partial charge in [0.05, 0.1) is 5.56 Å². The standard InChI is InChI=1S/C22H26N2O6S/c1-4-10-28-20(26)15-7-6-14(3)17(12-15)24-19(25)18(16-8-9-23-13-16)21(31)30-22(27)29-11-5-2/h4-7,12,16,18,23H,1-2,8-11,13H2,3H3,(H,24,25)/t16-,18+/m1/s1. The highest BCUT2D eigenvalue weighted by Crippen LogP contribution is 2.25. The van der Waals surface area contributed by atoms with Crippen molar-refractivity contribution in [2.45, 2.75) is 13.3 Å². The Labute approximate surface area is 186 Å². The van der Waals surface area contributed by atoms with Gasteiger partial charge < -0.3 is 24.8 Å². The van der Waals surface area contributed by atoms with Crippen LogP contribution in [0.25, 0.3) is 0 Å². The number of benzene rings is 1. The number of hydrogen-bond donors (Lipinski definition) is 2. The smallest absolute Gasteiger partial charge is 0.458 e. The van der Waals surface area contributed by atoms with Crippen LogP contribution in [0.1, 0.15) is 22.3 Å². The van der Waals surface area contributed by atoms with Crippen LogP contribution in [0.2, 0.25) is 0 Å². The Morgan fingerprint density at radius 1 is 1.26 bits per heavy atom. The minimum atomic E-state index is -0.989. The molecule has 0 aromatic heterocycles. The molecule has 1 amide bonds. The Kier molecular flexibility index (Phi) is 9.36. The second-order valence-electron chi connectivity index (χ2n) is 6.91. The minimum absolute atomic E-state index is 0.0305. The van der Waals surface area contributed by atoms with Crippen LogP contribution >= 0.6 is 12.2 Å². The molecule has 1 heterocycles. The zero-order chi connectivity index (χ0) is 22.8. The van der Waals surface area contributed by atoms with Crippen LogP contribution in [0.4, 0.5) is 10.5 Å². The topological polar surface area (TPSA) is 103 Å². The molecule has 1 saturated heterocycles. The lowest BCUT2D eigenvalue weighted by Crippen LogP contribution is -2.38. The number of aryl methyl sites for hydroxylation is 1. The quantitative estimate of drug-likeness (QED) is 0.339. The fourth-order valence-electron chi connectivity index (χ4n) is 3.09. The van der Waals surface area contributed by atoms with Crippen molar-refractivity contribution >= 4 is 41.0 Å². The van der Waals surface area contributed by atoms with Crippen molar-refractivity contribution in [3.63, 3.8) is 0 Å². The number of rotatable bonds is 9. The normalized spacial score (nSPS) is 16.0. The summed E-state index contributed by atoms with van der Waals surface area (Å²) in [4.78, 5) is 37.0. The third kappa shape index (κ3) is 7.01. The Hall–Kier alpha value is -3.04. The van der Waals surface area contributed by atoms with Gasteiger partial charge in [0.25, 0.3) is 0 Å². The number of carbonyl (C=O) groups excluding carboxylic acids is 3. The fourth-order valence-corrected chi connectivity index (χ4v) is 3.46. The van der Waals surface area contributed by atoms with E-state index in [2.05, 4.69) is 23.8 Å². The van der Waals surface area contributed by atoms with Crippen molar-refractivity contribution in [3.05, 3.63) is 54.6 Å². The van der Waals surface area contributed by atoms with E-state index in [9.17, 15) is 14.4 Å². The zero-order valence-corrected chi connectivity index (χ0v) is 18.2. The molecule has 2 rings (SSSR count). The third-order valence-electron chi connectivity index (χ3n) is 4.67. The largest absolute Gasteiger partial charge is 0.514 e. The Morgan fingerprint density at radius 3 is 2.61 bits per heavy atom. The number of anilines is 1. The summed E-state index contributed by atoms with van der Waals surface area (Å²) in [5, 5.41) is 5.81. The number of nitrogens with one attached hydrogen (secondary N) is 2. The molecule has 0 bridgehead atoms. The molecule has 31 heavy (non-hydrogen) atoms. The summed E-state index contributed by atoms with van der Waals surface area (Å²) in [5.41, 5.74) is 1.47. The number of hydrogen-bond acceptors (Lipinski definition) is 8. The van der Waals surface area contributed by atoms with Crippen LogP contribution < -0.4 is 10.6 Å². The van der Waals surface area contributed by atoms with E-state index in [0.717, 1.165) is 12.1 Å². The lowest BCUT2D eigenvalue weighted by Gasteiger charge is -2.22. The molecule has 0 radical (unpaired) electrons. The fraction of sp³-hybridized carbons (Fsp3) is 0.364. The van der Waals surface area contributed by atoms with Gasteiger partial charge in [-0.2, -0.15) is 0 Å². The first-order valence-electron chi connectivity index (χ1n) is 9.77. The van der Waals surface area contributed by atoms with Gasteiger partial charge >= 0.3 is 12.1 Å². The average Bonchev–Trinajstić information content (AvgIpc) is 3.26. The highest BCUT2D eigenvalue weighted by Gasteiger charge is 2.36. The molecule has 0 spiro atoms. The summed E-state index contributed by atoms with van der Waals surface area (Å²) < 4.78 is 14.9. The van der Waals surface area contributed by atoms with Gasteiger partial charge in [-0.05, 0) is 62.3 Å². The molecule has 2 N–H and O–H groups in total. The summed E-state index contributed by atoms with van der Waals surface area (Å²) in [7, 11) is 0. The highest BCUT2D eigenvalue weighted by molar-refractivity contribution is 7.80. The first kappa shape index (κ1) is 24.2. The van der Waals surface area contributed by atoms with E-state index in [-0.39, 0.29) is 29.7 Å². The van der Waals surface area contributed by atoms with Crippen LogP contribution in [0.3, 0.4) is 0 Å². The molecule has 1 fully saturated rings. The summed E-state index contributed by atoms with van der Waals surface area (Å²) >= 11 is 5.26. The molecule has 2 atom stereocenters. The van der Waals surface area contributed by atoms with Gasteiger partial charge in [0, 0.05) is 5.69 Å². The van der Waals surface area contributed by atoms with E-state index in [1.165, 1.54) is 18.2 Å². The van der Waals surface area contributed by atoms with Crippen LogP contribution in [0.5, 0.6) is 0 Å². The molecule has 0 unspecified atom stereocenters. The van der Waals surface area contributed by atoms with Crippen molar-refractivity contribution in [1.29, 1.82) is 0 Å². The Balaban J connectivity index is 2.18. The molecule has 1 aromatic carbocycles. The second kappa shape index (κ2) is 12.0. The summed E-state index contributed by atoms with van der Waals surface area (Å²) in [6.45, 7) is 10.1. The number of esters is 1. The average molecular weight is 447 g/mol. The van der Waals surface area contributed by atoms with Crippen LogP contribution in [0, 0.1) is 18.8 Å². The lowest BCUT2D eigenvalue weighted by atomic mass is 9.91. The molecule has 1 aliphatic heterocycles. The van der Waals surface area contributed by atoms with Gasteiger partial charge in [-0.25, -0.2) is 9.59 Å². The molecular weight excluding hydrogens is 420 g/mol. The highest BCUT2D eigenvalue weighted by atomic mass is 32.1. The van der Waals surface area contributed by atoms with Gasteiger partial charge in [0.2, 0.25) is 5.91 Å². The predicted octanol–water partition coefficient (Wildman–Crippen LogP) is 3.17. The second-order valence-corrected chi connectivity index (χ2v) is 7.31. The molecule has 1 aromatic rings. The summed E-state index contributed by atoms with van der Waals surface area (Å²) in [6, 6.07) is 4.84. The van der Waals surface area contributed by atoms with Crippen LogP contribution in [-0.4, -0.2) is 49.4 Å². The maximum absolute atomic E-state index is 13.1. The minimum Gasteiger partial charge on any atom is -0.458 e. The van der Waals surface area contributed by atoms with E-state index in [0.29, 0.717) is 18.7 Å². The molecule has 0 aliphatic carbocycles. The molecule has 1 aliphatic rings. The van der Waals surface area contributed by atoms with Crippen molar-refractivity contribution < 1.29 is 28.6 Å². The van der Waals surface area contributed by atoms with Crippen LogP contribution in [0.15, 0.2) is 43.5 Å². The maximum Gasteiger partial charge on any atom is 0.514 e. The van der Waals surface area contributed by atoms with E-state index >= 15 is 0 Å². The number of thiocarbonyl (C=S) groups is 1. The summed E-state index contributed by atoms with van der Waals surface area (Å²) in [6.07, 6.45) is 2.56. The van der Waals surface area contributed by atoms with E-state index < -0.39 is 23.9 Å². The maximum atomic E-state index is 13.1. The molecule has 0 saturated carbocycles. The Bertz CT molecular complexity index is 864. The zero-order valence-electron chi connectivity index (χ0n) is 17.3. The first-order chi connectivity index (χ1) is 14.9. The molecule has 166 valence electrons. The van der Waals surface area contributed by atoms with Gasteiger partial charge in [-0.3, -0.25) is 4.79 Å². The lowest BCUT2D eigenvalue weighted by molar-refractivity contribution is -0.119. The molecular formula is C22H26N2O6S. The molecule has 9 heteroatoms. The van der Waals surface area contributed by atoms with Gasteiger partial charge in [0.15, 0.2) is 5.05 Å². The van der Waals surface area contributed by atoms with Crippen molar-refractivity contribution in [2.24, 2.45) is 11.8 Å².